The van der Waals surface area contributed by atoms with E-state index in [4.69, 9.17) is 4.74 Å². The average Bonchev–Trinajstić information content (AvgIpc) is 2.83. The number of hydrogen-bond acceptors (Lipinski definition) is 5. The zero-order chi connectivity index (χ0) is 23.2. The Hall–Kier alpha value is -4.52. The normalized spacial score (nSPS) is 10.5. The van der Waals surface area contributed by atoms with E-state index in [1.807, 2.05) is 25.1 Å². The van der Waals surface area contributed by atoms with Crippen LogP contribution < -0.4 is 10.6 Å². The first-order chi connectivity index (χ1) is 16.0. The van der Waals surface area contributed by atoms with E-state index in [0.29, 0.717) is 16.9 Å². The van der Waals surface area contributed by atoms with Crippen LogP contribution in [0.1, 0.15) is 26.3 Å². The summed E-state index contributed by atoms with van der Waals surface area (Å²) in [6.07, 6.45) is 1.67. The van der Waals surface area contributed by atoms with E-state index in [2.05, 4.69) is 15.6 Å². The molecule has 0 atom stereocenters. The number of amides is 2. The van der Waals surface area contributed by atoms with E-state index in [0.717, 1.165) is 16.5 Å². The van der Waals surface area contributed by atoms with Gasteiger partial charge in [0.2, 0.25) is 0 Å². The molecule has 164 valence electrons. The zero-order valence-corrected chi connectivity index (χ0v) is 17.9. The molecule has 0 spiro atoms. The first kappa shape index (κ1) is 21.7. The smallest absolute Gasteiger partial charge is 0.340 e. The van der Waals surface area contributed by atoms with Gasteiger partial charge in [-0.05, 0) is 55.5 Å². The minimum Gasteiger partial charge on any atom is -0.452 e. The molecule has 7 heteroatoms. The van der Waals surface area contributed by atoms with Crippen molar-refractivity contribution in [1.29, 1.82) is 0 Å². The Morgan fingerprint density at radius 1 is 0.848 bits per heavy atom. The van der Waals surface area contributed by atoms with Crippen molar-refractivity contribution >= 4 is 40.1 Å². The second-order valence-electron chi connectivity index (χ2n) is 7.37. The molecule has 0 aliphatic heterocycles. The van der Waals surface area contributed by atoms with Gasteiger partial charge < -0.3 is 15.4 Å². The molecule has 0 aliphatic rings. The number of aromatic nitrogens is 1. The van der Waals surface area contributed by atoms with Gasteiger partial charge in [-0.15, -0.1) is 0 Å². The predicted octanol–water partition coefficient (Wildman–Crippen LogP) is 4.59. The largest absolute Gasteiger partial charge is 0.452 e. The monoisotopic (exact) mass is 439 g/mol. The molecule has 0 aliphatic carbocycles. The lowest BCUT2D eigenvalue weighted by Crippen LogP contribution is -2.22. The fraction of sp³-hybridized carbons (Fsp3) is 0.0769. The van der Waals surface area contributed by atoms with Gasteiger partial charge in [-0.25, -0.2) is 4.79 Å². The number of pyridine rings is 1. The van der Waals surface area contributed by atoms with Gasteiger partial charge in [0.15, 0.2) is 6.61 Å². The third-order valence-electron chi connectivity index (χ3n) is 4.93. The molecule has 7 nitrogen and oxygen atoms in total. The van der Waals surface area contributed by atoms with Crippen LogP contribution in [0.4, 0.5) is 11.4 Å². The van der Waals surface area contributed by atoms with E-state index in [1.165, 1.54) is 6.07 Å². The molecule has 0 bridgehead atoms. The number of benzene rings is 3. The maximum absolute atomic E-state index is 12.6. The number of rotatable bonds is 6. The van der Waals surface area contributed by atoms with Gasteiger partial charge in [0.25, 0.3) is 11.8 Å². The third kappa shape index (κ3) is 5.22. The van der Waals surface area contributed by atoms with Crippen molar-refractivity contribution in [3.8, 4) is 0 Å². The number of nitrogens with zero attached hydrogens (tertiary/aromatic N) is 1. The van der Waals surface area contributed by atoms with Crippen molar-refractivity contribution in [1.82, 2.24) is 4.98 Å². The molecule has 1 heterocycles. The minimum absolute atomic E-state index is 0.153. The lowest BCUT2D eigenvalue weighted by Gasteiger charge is -2.12. The standard InChI is InChI=1S/C26H21N3O4/c1-17-7-4-8-18(15-17)25(31)29-23-11-3-2-9-20(23)26(32)33-16-24(30)28-22-13-5-12-21-19(22)10-6-14-27-21/h2-15H,16H2,1H3,(H,28,30)(H,29,31). The second-order valence-corrected chi connectivity index (χ2v) is 7.37. The SMILES string of the molecule is Cc1cccc(C(=O)Nc2ccccc2C(=O)OCC(=O)Nc2cccc3ncccc23)c1. The third-order valence-corrected chi connectivity index (χ3v) is 4.93. The number of hydrogen-bond donors (Lipinski definition) is 2. The molecule has 1 aromatic heterocycles. The van der Waals surface area contributed by atoms with Gasteiger partial charge in [0, 0.05) is 17.1 Å². The molecule has 0 unspecified atom stereocenters. The summed E-state index contributed by atoms with van der Waals surface area (Å²) < 4.78 is 5.20. The molecule has 4 aromatic rings. The zero-order valence-electron chi connectivity index (χ0n) is 17.9. The van der Waals surface area contributed by atoms with Crippen LogP contribution in [-0.2, 0) is 9.53 Å². The maximum atomic E-state index is 12.6. The summed E-state index contributed by atoms with van der Waals surface area (Å²) in [5, 5.41) is 6.26. The average molecular weight is 439 g/mol. The Morgan fingerprint density at radius 3 is 2.48 bits per heavy atom. The van der Waals surface area contributed by atoms with E-state index < -0.39 is 18.5 Å². The predicted molar refractivity (Wildman–Crippen MR) is 126 cm³/mol. The van der Waals surface area contributed by atoms with Crippen LogP contribution in [0, 0.1) is 6.92 Å². The fourth-order valence-corrected chi connectivity index (χ4v) is 3.36. The van der Waals surface area contributed by atoms with Gasteiger partial charge in [-0.3, -0.25) is 14.6 Å². The molecule has 0 saturated carbocycles. The first-order valence-electron chi connectivity index (χ1n) is 10.3. The topological polar surface area (TPSA) is 97.4 Å². The molecule has 0 saturated heterocycles. The van der Waals surface area contributed by atoms with E-state index >= 15 is 0 Å². The summed E-state index contributed by atoms with van der Waals surface area (Å²) in [6, 6.07) is 22.6. The summed E-state index contributed by atoms with van der Waals surface area (Å²) in [4.78, 5) is 41.9. The molecule has 33 heavy (non-hydrogen) atoms. The van der Waals surface area contributed by atoms with E-state index in [-0.39, 0.29) is 11.5 Å². The number of carbonyl (C=O) groups is 3. The molecule has 0 fully saturated rings. The minimum atomic E-state index is -0.718. The highest BCUT2D eigenvalue weighted by Gasteiger charge is 2.17. The van der Waals surface area contributed by atoms with Crippen molar-refractivity contribution in [2.45, 2.75) is 6.92 Å². The molecule has 0 radical (unpaired) electrons. The number of nitrogens with one attached hydrogen (secondary N) is 2. The Labute approximate surface area is 190 Å². The Kier molecular flexibility index (Phi) is 6.40. The summed E-state index contributed by atoms with van der Waals surface area (Å²) in [6.45, 7) is 1.41. The number of carbonyl (C=O) groups excluding carboxylic acids is 3. The summed E-state index contributed by atoms with van der Waals surface area (Å²) in [5.41, 5.74) is 3.19. The Morgan fingerprint density at radius 2 is 1.64 bits per heavy atom. The number of fused-ring (bicyclic) bond motifs is 1. The molecule has 2 amide bonds. The van der Waals surface area contributed by atoms with Crippen molar-refractivity contribution in [3.05, 3.63) is 102 Å². The molecular formula is C26H21N3O4. The van der Waals surface area contributed by atoms with Crippen LogP contribution in [-0.4, -0.2) is 29.4 Å². The van der Waals surface area contributed by atoms with Crippen LogP contribution in [0.25, 0.3) is 10.9 Å². The first-order valence-corrected chi connectivity index (χ1v) is 10.3. The molecular weight excluding hydrogens is 418 g/mol. The van der Waals surface area contributed by atoms with Gasteiger partial charge >= 0.3 is 5.97 Å². The van der Waals surface area contributed by atoms with Crippen molar-refractivity contribution in [2.24, 2.45) is 0 Å². The Bertz CT molecular complexity index is 1340. The van der Waals surface area contributed by atoms with Crippen molar-refractivity contribution in [2.75, 3.05) is 17.2 Å². The summed E-state index contributed by atoms with van der Waals surface area (Å²) >= 11 is 0. The Balaban J connectivity index is 1.41. The highest BCUT2D eigenvalue weighted by molar-refractivity contribution is 6.08. The number of para-hydroxylation sites is 1. The van der Waals surface area contributed by atoms with Crippen LogP contribution in [0.15, 0.2) is 85.1 Å². The van der Waals surface area contributed by atoms with Crippen LogP contribution >= 0.6 is 0 Å². The maximum Gasteiger partial charge on any atom is 0.340 e. The molecule has 3 aromatic carbocycles. The fourth-order valence-electron chi connectivity index (χ4n) is 3.36. The second kappa shape index (κ2) is 9.74. The van der Waals surface area contributed by atoms with Gasteiger partial charge in [0.05, 0.1) is 22.5 Å². The van der Waals surface area contributed by atoms with Crippen molar-refractivity contribution < 1.29 is 19.1 Å². The van der Waals surface area contributed by atoms with Crippen molar-refractivity contribution in [3.63, 3.8) is 0 Å². The van der Waals surface area contributed by atoms with E-state index in [9.17, 15) is 14.4 Å². The number of anilines is 2. The van der Waals surface area contributed by atoms with Gasteiger partial charge in [-0.2, -0.15) is 0 Å². The number of aryl methyl sites for hydroxylation is 1. The lowest BCUT2D eigenvalue weighted by atomic mass is 10.1. The quantitative estimate of drug-likeness (QED) is 0.428. The lowest BCUT2D eigenvalue weighted by molar-refractivity contribution is -0.119. The highest BCUT2D eigenvalue weighted by Crippen LogP contribution is 2.21. The van der Waals surface area contributed by atoms with Crippen LogP contribution in [0.5, 0.6) is 0 Å². The van der Waals surface area contributed by atoms with Crippen LogP contribution in [0.3, 0.4) is 0 Å². The number of esters is 1. The summed E-state index contributed by atoms with van der Waals surface area (Å²) in [7, 11) is 0. The molecule has 2 N–H and O–H groups in total. The molecule has 4 rings (SSSR count). The van der Waals surface area contributed by atoms with Gasteiger partial charge in [-0.1, -0.05) is 35.9 Å². The van der Waals surface area contributed by atoms with Crippen LogP contribution in [0.2, 0.25) is 0 Å². The number of ether oxygens (including phenoxy) is 1. The van der Waals surface area contributed by atoms with Gasteiger partial charge in [0.1, 0.15) is 0 Å². The highest BCUT2D eigenvalue weighted by atomic mass is 16.5. The van der Waals surface area contributed by atoms with E-state index in [1.54, 1.807) is 60.8 Å². The summed E-state index contributed by atoms with van der Waals surface area (Å²) in [5.74, 6) is -1.55.